The van der Waals surface area contributed by atoms with Crippen LogP contribution in [0.25, 0.3) is 10.9 Å². The molecule has 1 aromatic carbocycles. The minimum absolute atomic E-state index is 0.0163. The number of anilines is 1. The van der Waals surface area contributed by atoms with Crippen molar-refractivity contribution in [2.75, 3.05) is 11.9 Å². The number of rotatable bonds is 3. The van der Waals surface area contributed by atoms with Crippen LogP contribution in [0.3, 0.4) is 0 Å². The quantitative estimate of drug-likeness (QED) is 0.869. The first-order valence-corrected chi connectivity index (χ1v) is 6.58. The van der Waals surface area contributed by atoms with E-state index in [-0.39, 0.29) is 5.56 Å². The zero-order chi connectivity index (χ0) is 12.5. The van der Waals surface area contributed by atoms with Crippen molar-refractivity contribution in [2.45, 2.75) is 32.6 Å². The second kappa shape index (κ2) is 4.44. The third-order valence-corrected chi connectivity index (χ3v) is 3.49. The molecule has 0 saturated heterocycles. The molecule has 0 bridgehead atoms. The minimum atomic E-state index is -0.0163. The van der Waals surface area contributed by atoms with Crippen LogP contribution >= 0.6 is 0 Å². The first kappa shape index (κ1) is 11.3. The van der Waals surface area contributed by atoms with Crippen molar-refractivity contribution in [1.29, 1.82) is 0 Å². The van der Waals surface area contributed by atoms with E-state index in [0.29, 0.717) is 5.95 Å². The lowest BCUT2D eigenvalue weighted by atomic mass is 10.1. The van der Waals surface area contributed by atoms with Crippen LogP contribution in [-0.4, -0.2) is 16.5 Å². The first-order chi connectivity index (χ1) is 8.79. The summed E-state index contributed by atoms with van der Waals surface area (Å²) in [5.74, 6) is 0.576. The topological polar surface area (TPSA) is 57.8 Å². The van der Waals surface area contributed by atoms with E-state index in [1.165, 1.54) is 11.1 Å². The van der Waals surface area contributed by atoms with Crippen molar-refractivity contribution in [2.24, 2.45) is 0 Å². The lowest BCUT2D eigenvalue weighted by Gasteiger charge is -2.07. The fourth-order valence-corrected chi connectivity index (χ4v) is 2.65. The third kappa shape index (κ3) is 1.78. The molecular formula is C14H17N3O. The summed E-state index contributed by atoms with van der Waals surface area (Å²) in [6, 6.07) is 4.08. The Morgan fingerprint density at radius 1 is 1.39 bits per heavy atom. The number of nitrogens with zero attached hydrogens (tertiary/aromatic N) is 1. The van der Waals surface area contributed by atoms with Gasteiger partial charge in [-0.15, -0.1) is 0 Å². The van der Waals surface area contributed by atoms with E-state index < -0.39 is 0 Å². The van der Waals surface area contributed by atoms with Gasteiger partial charge >= 0.3 is 0 Å². The number of aryl methyl sites for hydroxylation is 2. The Kier molecular flexibility index (Phi) is 2.78. The number of hydrogen-bond donors (Lipinski definition) is 2. The monoisotopic (exact) mass is 243 g/mol. The van der Waals surface area contributed by atoms with Crippen molar-refractivity contribution < 1.29 is 0 Å². The van der Waals surface area contributed by atoms with E-state index in [2.05, 4.69) is 28.3 Å². The van der Waals surface area contributed by atoms with Gasteiger partial charge in [-0.1, -0.05) is 13.0 Å². The van der Waals surface area contributed by atoms with E-state index in [9.17, 15) is 4.79 Å². The Labute approximate surface area is 105 Å². The Morgan fingerprint density at radius 2 is 2.28 bits per heavy atom. The van der Waals surface area contributed by atoms with Gasteiger partial charge in [0.05, 0.1) is 10.9 Å². The van der Waals surface area contributed by atoms with Crippen LogP contribution in [-0.2, 0) is 12.8 Å². The summed E-state index contributed by atoms with van der Waals surface area (Å²) >= 11 is 0. The van der Waals surface area contributed by atoms with E-state index in [1.54, 1.807) is 0 Å². The van der Waals surface area contributed by atoms with Crippen molar-refractivity contribution in [3.63, 3.8) is 0 Å². The zero-order valence-corrected chi connectivity index (χ0v) is 10.5. The van der Waals surface area contributed by atoms with Gasteiger partial charge in [0.1, 0.15) is 0 Å². The molecule has 4 nitrogen and oxygen atoms in total. The molecule has 3 rings (SSSR count). The van der Waals surface area contributed by atoms with Crippen LogP contribution in [0.1, 0.15) is 30.9 Å². The molecule has 2 aromatic rings. The normalized spacial score (nSPS) is 13.8. The van der Waals surface area contributed by atoms with Gasteiger partial charge < -0.3 is 5.32 Å². The molecule has 2 N–H and O–H groups in total. The Balaban J connectivity index is 2.16. The second-order valence-electron chi connectivity index (χ2n) is 4.79. The molecule has 1 heterocycles. The van der Waals surface area contributed by atoms with Crippen molar-refractivity contribution in [1.82, 2.24) is 9.97 Å². The van der Waals surface area contributed by atoms with E-state index in [4.69, 9.17) is 0 Å². The van der Waals surface area contributed by atoms with E-state index >= 15 is 0 Å². The number of hydrogen-bond acceptors (Lipinski definition) is 3. The molecule has 1 aliphatic carbocycles. The molecule has 1 aromatic heterocycles. The fraction of sp³-hybridized carbons (Fsp3) is 0.429. The van der Waals surface area contributed by atoms with Gasteiger partial charge in [-0.25, -0.2) is 4.98 Å². The number of nitrogens with one attached hydrogen (secondary N) is 2. The highest BCUT2D eigenvalue weighted by atomic mass is 16.1. The fourth-order valence-electron chi connectivity index (χ4n) is 2.65. The Hall–Kier alpha value is -1.84. The highest BCUT2D eigenvalue weighted by Crippen LogP contribution is 2.27. The first-order valence-electron chi connectivity index (χ1n) is 6.58. The smallest absolute Gasteiger partial charge is 0.260 e. The molecule has 0 atom stereocenters. The predicted molar refractivity (Wildman–Crippen MR) is 73.2 cm³/mol. The van der Waals surface area contributed by atoms with Gasteiger partial charge in [0.2, 0.25) is 5.95 Å². The number of H-pyrrole nitrogens is 1. The Bertz CT molecular complexity index is 645. The standard InChI is InChI=1S/C14H17N3O/c1-2-8-15-14-16-11-7-6-9-4-3-5-10(9)12(11)13(18)17-14/h6-7H,2-5,8H2,1H3,(H2,15,16,17,18). The van der Waals surface area contributed by atoms with Crippen LogP contribution in [0.4, 0.5) is 5.95 Å². The van der Waals surface area contributed by atoms with Crippen LogP contribution in [0.2, 0.25) is 0 Å². The maximum atomic E-state index is 12.2. The minimum Gasteiger partial charge on any atom is -0.356 e. The van der Waals surface area contributed by atoms with Crippen molar-refractivity contribution in [3.8, 4) is 0 Å². The third-order valence-electron chi connectivity index (χ3n) is 3.49. The van der Waals surface area contributed by atoms with Gasteiger partial charge in [-0.2, -0.15) is 0 Å². The second-order valence-corrected chi connectivity index (χ2v) is 4.79. The lowest BCUT2D eigenvalue weighted by Crippen LogP contribution is -2.15. The van der Waals surface area contributed by atoms with Gasteiger partial charge in [0, 0.05) is 6.54 Å². The summed E-state index contributed by atoms with van der Waals surface area (Å²) in [4.78, 5) is 19.5. The zero-order valence-electron chi connectivity index (χ0n) is 10.5. The van der Waals surface area contributed by atoms with Gasteiger partial charge in [0.25, 0.3) is 5.56 Å². The highest BCUT2D eigenvalue weighted by molar-refractivity contribution is 5.84. The lowest BCUT2D eigenvalue weighted by molar-refractivity contribution is 0.913. The number of aromatic nitrogens is 2. The van der Waals surface area contributed by atoms with Crippen LogP contribution < -0.4 is 10.9 Å². The summed E-state index contributed by atoms with van der Waals surface area (Å²) in [6.07, 6.45) is 4.23. The maximum Gasteiger partial charge on any atom is 0.260 e. The van der Waals surface area contributed by atoms with E-state index in [1.807, 2.05) is 6.07 Å². The molecule has 0 spiro atoms. The number of benzene rings is 1. The SMILES string of the molecule is CCCNc1nc2ccc3c(c2c(=O)[nH]1)CCC3. The summed E-state index contributed by atoms with van der Waals surface area (Å²) in [5.41, 5.74) is 3.29. The molecule has 0 radical (unpaired) electrons. The van der Waals surface area contributed by atoms with Crippen LogP contribution in [0.5, 0.6) is 0 Å². The average Bonchev–Trinajstić information content (AvgIpc) is 2.84. The average molecular weight is 243 g/mol. The summed E-state index contributed by atoms with van der Waals surface area (Å²) in [7, 11) is 0. The van der Waals surface area contributed by atoms with Crippen LogP contribution in [0, 0.1) is 0 Å². The summed E-state index contributed by atoms with van der Waals surface area (Å²) in [6.45, 7) is 2.90. The number of aromatic amines is 1. The van der Waals surface area contributed by atoms with Crippen molar-refractivity contribution in [3.05, 3.63) is 33.6 Å². The van der Waals surface area contributed by atoms with E-state index in [0.717, 1.165) is 43.1 Å². The highest BCUT2D eigenvalue weighted by Gasteiger charge is 2.16. The molecule has 1 aliphatic rings. The number of fused-ring (bicyclic) bond motifs is 3. The molecule has 0 fully saturated rings. The molecule has 0 saturated carbocycles. The van der Waals surface area contributed by atoms with Crippen LogP contribution in [0.15, 0.2) is 16.9 Å². The Morgan fingerprint density at radius 3 is 3.11 bits per heavy atom. The van der Waals surface area contributed by atoms with Gasteiger partial charge in [-0.05, 0) is 42.9 Å². The summed E-state index contributed by atoms with van der Waals surface area (Å²) in [5, 5.41) is 3.91. The molecule has 94 valence electrons. The molecule has 0 amide bonds. The molecule has 4 heteroatoms. The maximum absolute atomic E-state index is 12.2. The van der Waals surface area contributed by atoms with Gasteiger partial charge in [-0.3, -0.25) is 9.78 Å². The molecular weight excluding hydrogens is 226 g/mol. The van der Waals surface area contributed by atoms with Crippen molar-refractivity contribution >= 4 is 16.9 Å². The molecule has 0 unspecified atom stereocenters. The van der Waals surface area contributed by atoms with Gasteiger partial charge in [0.15, 0.2) is 0 Å². The molecule has 18 heavy (non-hydrogen) atoms. The summed E-state index contributed by atoms with van der Waals surface area (Å²) < 4.78 is 0. The largest absolute Gasteiger partial charge is 0.356 e. The predicted octanol–water partition coefficient (Wildman–Crippen LogP) is 2.23. The molecule has 0 aliphatic heterocycles.